The van der Waals surface area contributed by atoms with Gasteiger partial charge in [0.1, 0.15) is 0 Å². The number of nitrogens with one attached hydrogen (secondary N) is 2. The van der Waals surface area contributed by atoms with Crippen LogP contribution >= 0.6 is 12.2 Å². The van der Waals surface area contributed by atoms with E-state index >= 15 is 0 Å². The van der Waals surface area contributed by atoms with Gasteiger partial charge in [-0.2, -0.15) is 23.5 Å². The van der Waals surface area contributed by atoms with E-state index in [0.717, 1.165) is 6.07 Å². The van der Waals surface area contributed by atoms with Gasteiger partial charge in [-0.15, -0.1) is 0 Å². The van der Waals surface area contributed by atoms with Gasteiger partial charge in [-0.3, -0.25) is 5.43 Å². The number of para-hydroxylation sites is 1. The van der Waals surface area contributed by atoms with Crippen LogP contribution in [0.15, 0.2) is 53.6 Å². The zero-order valence-electron chi connectivity index (χ0n) is 12.1. The highest BCUT2D eigenvalue weighted by Gasteiger charge is 2.33. The van der Waals surface area contributed by atoms with Crippen molar-refractivity contribution in [3.05, 3.63) is 65.2 Å². The van der Waals surface area contributed by atoms with Crippen LogP contribution in [0.4, 0.5) is 18.9 Å². The summed E-state index contributed by atoms with van der Waals surface area (Å²) in [6, 6.07) is 13.6. The van der Waals surface area contributed by atoms with Crippen molar-refractivity contribution in [3.63, 3.8) is 0 Å². The van der Waals surface area contributed by atoms with E-state index in [2.05, 4.69) is 15.8 Å². The number of nitrogens with zero attached hydrogens (tertiary/aromatic N) is 2. The van der Waals surface area contributed by atoms with Gasteiger partial charge in [0.2, 0.25) is 0 Å². The molecule has 2 aromatic carbocycles. The molecule has 0 amide bonds. The molecule has 2 aromatic rings. The van der Waals surface area contributed by atoms with E-state index in [1.807, 2.05) is 6.07 Å². The lowest BCUT2D eigenvalue weighted by Gasteiger charge is -2.14. The van der Waals surface area contributed by atoms with Gasteiger partial charge in [0, 0.05) is 0 Å². The number of rotatable bonds is 3. The predicted octanol–water partition coefficient (Wildman–Crippen LogP) is 3.90. The average Bonchev–Trinajstić information content (AvgIpc) is 2.55. The largest absolute Gasteiger partial charge is 0.418 e. The molecule has 0 radical (unpaired) electrons. The highest BCUT2D eigenvalue weighted by molar-refractivity contribution is 7.80. The van der Waals surface area contributed by atoms with Crippen LogP contribution in [0, 0.1) is 11.3 Å². The Hall–Kier alpha value is -2.92. The molecule has 0 spiro atoms. The van der Waals surface area contributed by atoms with E-state index in [-0.39, 0.29) is 10.8 Å². The molecule has 8 heteroatoms. The van der Waals surface area contributed by atoms with Crippen molar-refractivity contribution in [1.29, 1.82) is 5.26 Å². The lowest BCUT2D eigenvalue weighted by atomic mass is 10.2. The van der Waals surface area contributed by atoms with Crippen LogP contribution in [-0.2, 0) is 6.18 Å². The molecule has 0 atom stereocenters. The molecular weight excluding hydrogens is 337 g/mol. The van der Waals surface area contributed by atoms with Gasteiger partial charge in [-0.05, 0) is 42.0 Å². The number of benzene rings is 2. The molecule has 0 aliphatic heterocycles. The Kier molecular flexibility index (Phi) is 5.50. The van der Waals surface area contributed by atoms with E-state index in [1.165, 1.54) is 24.4 Å². The number of thiocarbonyl (C=S) groups is 1. The summed E-state index contributed by atoms with van der Waals surface area (Å²) in [6.07, 6.45) is -3.05. The fraction of sp³-hybridized carbons (Fsp3) is 0.0625. The van der Waals surface area contributed by atoms with Gasteiger partial charge in [0.25, 0.3) is 0 Å². The zero-order chi connectivity index (χ0) is 17.6. The minimum atomic E-state index is -4.48. The van der Waals surface area contributed by atoms with Crippen LogP contribution in [0.2, 0.25) is 0 Å². The van der Waals surface area contributed by atoms with Gasteiger partial charge in [0.15, 0.2) is 5.11 Å². The molecular formula is C16H11F3N4S. The normalized spacial score (nSPS) is 11.1. The summed E-state index contributed by atoms with van der Waals surface area (Å²) in [4.78, 5) is 0. The Morgan fingerprint density at radius 2 is 1.79 bits per heavy atom. The van der Waals surface area contributed by atoms with E-state index < -0.39 is 11.7 Å². The Balaban J connectivity index is 1.99. The summed E-state index contributed by atoms with van der Waals surface area (Å²) >= 11 is 4.93. The number of alkyl halides is 3. The molecule has 0 saturated carbocycles. The highest BCUT2D eigenvalue weighted by Crippen LogP contribution is 2.34. The maximum absolute atomic E-state index is 12.9. The van der Waals surface area contributed by atoms with Crippen LogP contribution in [0.1, 0.15) is 16.7 Å². The molecule has 0 fully saturated rings. The summed E-state index contributed by atoms with van der Waals surface area (Å²) in [7, 11) is 0. The van der Waals surface area contributed by atoms with Crippen molar-refractivity contribution < 1.29 is 13.2 Å². The number of nitriles is 1. The molecule has 0 aliphatic rings. The molecule has 4 nitrogen and oxygen atoms in total. The smallest absolute Gasteiger partial charge is 0.331 e. The Bertz CT molecular complexity index is 792. The Labute approximate surface area is 141 Å². The Morgan fingerprint density at radius 1 is 1.12 bits per heavy atom. The summed E-state index contributed by atoms with van der Waals surface area (Å²) in [6.45, 7) is 0. The first kappa shape index (κ1) is 17.4. The van der Waals surface area contributed by atoms with Crippen LogP contribution in [0.3, 0.4) is 0 Å². The second kappa shape index (κ2) is 7.57. The summed E-state index contributed by atoms with van der Waals surface area (Å²) < 4.78 is 38.6. The number of anilines is 1. The molecule has 0 unspecified atom stereocenters. The lowest BCUT2D eigenvalue weighted by molar-refractivity contribution is -0.136. The van der Waals surface area contributed by atoms with Crippen LogP contribution in [0.5, 0.6) is 0 Å². The van der Waals surface area contributed by atoms with Crippen molar-refractivity contribution in [3.8, 4) is 6.07 Å². The molecule has 2 rings (SSSR count). The fourth-order valence-electron chi connectivity index (χ4n) is 1.80. The lowest BCUT2D eigenvalue weighted by Crippen LogP contribution is -2.25. The minimum Gasteiger partial charge on any atom is -0.331 e. The van der Waals surface area contributed by atoms with Crippen LogP contribution in [-0.4, -0.2) is 11.3 Å². The third kappa shape index (κ3) is 4.79. The SMILES string of the molecule is N#Cc1ccc(/C=N\NC(=S)Nc2ccccc2C(F)(F)F)cc1. The molecule has 0 bridgehead atoms. The standard InChI is InChI=1S/C16H11F3N4S/c17-16(18,19)13-3-1-2-4-14(13)22-15(24)23-21-10-12-7-5-11(9-20)6-8-12/h1-8,10H,(H2,22,23,24)/b21-10-. The molecule has 2 N–H and O–H groups in total. The van der Waals surface area contributed by atoms with E-state index in [9.17, 15) is 13.2 Å². The number of hydrogen-bond acceptors (Lipinski definition) is 3. The summed E-state index contributed by atoms with van der Waals surface area (Å²) in [5.74, 6) is 0. The minimum absolute atomic E-state index is 0.0726. The monoisotopic (exact) mass is 348 g/mol. The van der Waals surface area contributed by atoms with Crippen molar-refractivity contribution >= 4 is 29.2 Å². The van der Waals surface area contributed by atoms with Crippen LogP contribution < -0.4 is 10.7 Å². The second-order valence-electron chi connectivity index (χ2n) is 4.60. The van der Waals surface area contributed by atoms with Crippen molar-refractivity contribution in [2.75, 3.05) is 5.32 Å². The van der Waals surface area contributed by atoms with Crippen LogP contribution in [0.25, 0.3) is 0 Å². The molecule has 0 aromatic heterocycles. The number of halogens is 3. The number of hydrogen-bond donors (Lipinski definition) is 2. The predicted molar refractivity (Wildman–Crippen MR) is 89.6 cm³/mol. The molecule has 24 heavy (non-hydrogen) atoms. The fourth-order valence-corrected chi connectivity index (χ4v) is 1.96. The highest BCUT2D eigenvalue weighted by atomic mass is 32.1. The van der Waals surface area contributed by atoms with E-state index in [1.54, 1.807) is 24.3 Å². The topological polar surface area (TPSA) is 60.2 Å². The third-order valence-electron chi connectivity index (χ3n) is 2.90. The van der Waals surface area contributed by atoms with E-state index in [4.69, 9.17) is 17.5 Å². The summed E-state index contributed by atoms with van der Waals surface area (Å²) in [5, 5.41) is 14.9. The second-order valence-corrected chi connectivity index (χ2v) is 5.01. The van der Waals surface area contributed by atoms with Gasteiger partial charge < -0.3 is 5.32 Å². The summed E-state index contributed by atoms with van der Waals surface area (Å²) in [5.41, 5.74) is 2.70. The van der Waals surface area contributed by atoms with Crippen molar-refractivity contribution in [1.82, 2.24) is 5.43 Å². The first-order valence-corrected chi connectivity index (χ1v) is 7.07. The first-order chi connectivity index (χ1) is 11.4. The Morgan fingerprint density at radius 3 is 2.42 bits per heavy atom. The molecule has 0 aliphatic carbocycles. The van der Waals surface area contributed by atoms with Crippen molar-refractivity contribution in [2.24, 2.45) is 5.10 Å². The maximum Gasteiger partial charge on any atom is 0.418 e. The third-order valence-corrected chi connectivity index (χ3v) is 3.09. The number of hydrazone groups is 1. The quantitative estimate of drug-likeness (QED) is 0.502. The van der Waals surface area contributed by atoms with Gasteiger partial charge in [0.05, 0.1) is 29.1 Å². The van der Waals surface area contributed by atoms with E-state index in [0.29, 0.717) is 11.1 Å². The zero-order valence-corrected chi connectivity index (χ0v) is 12.9. The first-order valence-electron chi connectivity index (χ1n) is 6.66. The van der Waals surface area contributed by atoms with Gasteiger partial charge >= 0.3 is 6.18 Å². The molecule has 0 saturated heterocycles. The maximum atomic E-state index is 12.9. The molecule has 0 heterocycles. The van der Waals surface area contributed by atoms with Gasteiger partial charge in [-0.25, -0.2) is 0 Å². The van der Waals surface area contributed by atoms with Crippen molar-refractivity contribution in [2.45, 2.75) is 6.18 Å². The van der Waals surface area contributed by atoms with Gasteiger partial charge in [-0.1, -0.05) is 24.3 Å². The molecule has 122 valence electrons. The average molecular weight is 348 g/mol.